The van der Waals surface area contributed by atoms with E-state index in [2.05, 4.69) is 0 Å². The quantitative estimate of drug-likeness (QED) is 0.514. The fraction of sp³-hybridized carbons (Fsp3) is 0.409. The number of rotatable bonds is 11. The van der Waals surface area contributed by atoms with Crippen molar-refractivity contribution < 1.29 is 23.1 Å². The van der Waals surface area contributed by atoms with E-state index in [9.17, 15) is 13.2 Å². The van der Waals surface area contributed by atoms with Gasteiger partial charge >= 0.3 is 5.97 Å². The predicted molar refractivity (Wildman–Crippen MR) is 120 cm³/mol. The van der Waals surface area contributed by atoms with Crippen LogP contribution in [0.2, 0.25) is 0 Å². The number of aliphatic carboxylic acids is 1. The van der Waals surface area contributed by atoms with Crippen LogP contribution >= 0.6 is 11.8 Å². The molecule has 1 N–H and O–H groups in total. The van der Waals surface area contributed by atoms with Crippen molar-refractivity contribution in [3.8, 4) is 5.75 Å². The summed E-state index contributed by atoms with van der Waals surface area (Å²) in [5.41, 5.74) is 2.64. The Morgan fingerprint density at radius 3 is 2.40 bits per heavy atom. The molecule has 0 unspecified atom stereocenters. The summed E-state index contributed by atoms with van der Waals surface area (Å²) in [5, 5.41) is 8.73. The highest BCUT2D eigenvalue weighted by atomic mass is 32.2. The maximum atomic E-state index is 13.2. The first-order valence-electron chi connectivity index (χ1n) is 9.80. The van der Waals surface area contributed by atoms with Crippen LogP contribution in [-0.4, -0.2) is 49.2 Å². The van der Waals surface area contributed by atoms with Gasteiger partial charge in [0.25, 0.3) is 0 Å². The molecular formula is C22H29NO5S2. The average molecular weight is 452 g/mol. The highest BCUT2D eigenvalue weighted by Crippen LogP contribution is 2.27. The number of carboxylic acids is 1. The second-order valence-electron chi connectivity index (χ2n) is 7.13. The van der Waals surface area contributed by atoms with E-state index in [-0.39, 0.29) is 6.61 Å². The summed E-state index contributed by atoms with van der Waals surface area (Å²) in [6.45, 7) is 8.10. The van der Waals surface area contributed by atoms with E-state index >= 15 is 0 Å². The number of benzene rings is 2. The van der Waals surface area contributed by atoms with Gasteiger partial charge in [0, 0.05) is 23.7 Å². The highest BCUT2D eigenvalue weighted by Gasteiger charge is 2.25. The Labute approximate surface area is 183 Å². The van der Waals surface area contributed by atoms with Gasteiger partial charge in [0.1, 0.15) is 5.75 Å². The third-order valence-corrected chi connectivity index (χ3v) is 7.56. The first-order chi connectivity index (χ1) is 14.1. The van der Waals surface area contributed by atoms with E-state index in [0.29, 0.717) is 29.5 Å². The van der Waals surface area contributed by atoms with Gasteiger partial charge in [-0.2, -0.15) is 4.31 Å². The van der Waals surface area contributed by atoms with Crippen molar-refractivity contribution in [2.24, 2.45) is 0 Å². The summed E-state index contributed by atoms with van der Waals surface area (Å²) >= 11 is 1.56. The van der Waals surface area contributed by atoms with E-state index in [1.807, 2.05) is 52.0 Å². The van der Waals surface area contributed by atoms with Crippen molar-refractivity contribution in [3.63, 3.8) is 0 Å². The van der Waals surface area contributed by atoms with E-state index in [1.165, 1.54) is 0 Å². The maximum absolute atomic E-state index is 13.2. The molecule has 30 heavy (non-hydrogen) atoms. The van der Waals surface area contributed by atoms with Crippen molar-refractivity contribution in [1.29, 1.82) is 0 Å². The van der Waals surface area contributed by atoms with Crippen molar-refractivity contribution in [2.75, 3.05) is 25.4 Å². The molecule has 0 amide bonds. The standard InChI is InChI=1S/C22H29NO5S2/c1-5-10-23(30(26,27)21-9-6-16(2)13-18(21)4)11-12-29-19-7-8-20(17(3)14-19)28-15-22(24)25/h6-9,13-14H,5,10-12,15H2,1-4H3,(H,24,25). The number of carboxylic acid groups (broad SMARTS) is 1. The molecule has 6 nitrogen and oxygen atoms in total. The molecule has 0 atom stereocenters. The zero-order chi connectivity index (χ0) is 22.3. The number of sulfonamides is 1. The Balaban J connectivity index is 2.06. The smallest absolute Gasteiger partial charge is 0.341 e. The molecule has 0 fully saturated rings. The molecule has 2 rings (SSSR count). The van der Waals surface area contributed by atoms with Gasteiger partial charge in [-0.05, 0) is 62.6 Å². The second-order valence-corrected chi connectivity index (χ2v) is 10.2. The summed E-state index contributed by atoms with van der Waals surface area (Å²) < 4.78 is 33.1. The number of carbonyl (C=O) groups is 1. The summed E-state index contributed by atoms with van der Waals surface area (Å²) in [5.74, 6) is 0.125. The molecular weight excluding hydrogens is 422 g/mol. The van der Waals surface area contributed by atoms with Gasteiger partial charge in [-0.25, -0.2) is 13.2 Å². The van der Waals surface area contributed by atoms with Gasteiger partial charge in [0.15, 0.2) is 6.61 Å². The van der Waals surface area contributed by atoms with Crippen LogP contribution in [0.15, 0.2) is 46.2 Å². The van der Waals surface area contributed by atoms with Gasteiger partial charge in [-0.3, -0.25) is 0 Å². The zero-order valence-corrected chi connectivity index (χ0v) is 19.5. The molecule has 0 aromatic heterocycles. The molecule has 0 aliphatic heterocycles. The largest absolute Gasteiger partial charge is 0.482 e. The Hall–Kier alpha value is -2.03. The molecule has 0 aliphatic carbocycles. The average Bonchev–Trinajstić information content (AvgIpc) is 2.66. The maximum Gasteiger partial charge on any atom is 0.341 e. The second kappa shape index (κ2) is 10.8. The molecule has 0 radical (unpaired) electrons. The molecule has 8 heteroatoms. The van der Waals surface area contributed by atoms with Crippen molar-refractivity contribution in [3.05, 3.63) is 53.1 Å². The van der Waals surface area contributed by atoms with Gasteiger partial charge < -0.3 is 9.84 Å². The lowest BCUT2D eigenvalue weighted by molar-refractivity contribution is -0.139. The Morgan fingerprint density at radius 1 is 1.07 bits per heavy atom. The molecule has 164 valence electrons. The normalized spacial score (nSPS) is 11.6. The predicted octanol–water partition coefficient (Wildman–Crippen LogP) is 4.27. The summed E-state index contributed by atoms with van der Waals surface area (Å²) in [7, 11) is -3.55. The Morgan fingerprint density at radius 2 is 1.80 bits per heavy atom. The van der Waals surface area contributed by atoms with Crippen LogP contribution in [0.4, 0.5) is 0 Å². The minimum Gasteiger partial charge on any atom is -0.482 e. The topological polar surface area (TPSA) is 83.9 Å². The molecule has 2 aromatic carbocycles. The van der Waals surface area contributed by atoms with E-state index in [1.54, 1.807) is 28.2 Å². The fourth-order valence-electron chi connectivity index (χ4n) is 3.11. The number of thioether (sulfide) groups is 1. The SMILES string of the molecule is CCCN(CCSc1ccc(OCC(=O)O)c(C)c1)S(=O)(=O)c1ccc(C)cc1C. The molecule has 0 aliphatic rings. The summed E-state index contributed by atoms with van der Waals surface area (Å²) in [6, 6.07) is 10.9. The minimum absolute atomic E-state index is 0.363. The number of ether oxygens (including phenoxy) is 1. The number of aryl methyl sites for hydroxylation is 3. The van der Waals surface area contributed by atoms with Crippen LogP contribution in [0.3, 0.4) is 0 Å². The lowest BCUT2D eigenvalue weighted by Gasteiger charge is -2.22. The van der Waals surface area contributed by atoms with Crippen LogP contribution < -0.4 is 4.74 Å². The minimum atomic E-state index is -3.55. The highest BCUT2D eigenvalue weighted by molar-refractivity contribution is 7.99. The summed E-state index contributed by atoms with van der Waals surface area (Å²) in [4.78, 5) is 12.0. The lowest BCUT2D eigenvalue weighted by atomic mass is 10.2. The third kappa shape index (κ3) is 6.48. The van der Waals surface area contributed by atoms with Gasteiger partial charge in [-0.15, -0.1) is 11.8 Å². The zero-order valence-electron chi connectivity index (χ0n) is 17.8. The van der Waals surface area contributed by atoms with Gasteiger partial charge in [0.2, 0.25) is 10.0 Å². The molecule has 0 bridgehead atoms. The first kappa shape index (κ1) is 24.2. The third-order valence-electron chi connectivity index (χ3n) is 4.53. The number of nitrogens with zero attached hydrogens (tertiary/aromatic N) is 1. The lowest BCUT2D eigenvalue weighted by Crippen LogP contribution is -2.34. The van der Waals surface area contributed by atoms with Crippen molar-refractivity contribution >= 4 is 27.8 Å². The Kier molecular flexibility index (Phi) is 8.76. The molecule has 0 spiro atoms. The van der Waals surface area contributed by atoms with Crippen LogP contribution in [0.25, 0.3) is 0 Å². The molecule has 0 saturated carbocycles. The van der Waals surface area contributed by atoms with Crippen LogP contribution in [0.1, 0.15) is 30.0 Å². The van der Waals surface area contributed by atoms with Crippen LogP contribution in [0.5, 0.6) is 5.75 Å². The Bertz CT molecular complexity index is 989. The van der Waals surface area contributed by atoms with Gasteiger partial charge in [0.05, 0.1) is 4.90 Å². The summed E-state index contributed by atoms with van der Waals surface area (Å²) in [6.07, 6.45) is 0.740. The van der Waals surface area contributed by atoms with E-state index in [4.69, 9.17) is 9.84 Å². The van der Waals surface area contributed by atoms with Crippen LogP contribution in [-0.2, 0) is 14.8 Å². The fourth-order valence-corrected chi connectivity index (χ4v) is 5.93. The van der Waals surface area contributed by atoms with Crippen molar-refractivity contribution in [1.82, 2.24) is 4.31 Å². The van der Waals surface area contributed by atoms with Crippen molar-refractivity contribution in [2.45, 2.75) is 43.9 Å². The van der Waals surface area contributed by atoms with E-state index < -0.39 is 16.0 Å². The number of hydrogen-bond acceptors (Lipinski definition) is 5. The van der Waals surface area contributed by atoms with Crippen LogP contribution in [0, 0.1) is 20.8 Å². The molecule has 0 heterocycles. The number of hydrogen-bond donors (Lipinski definition) is 1. The molecule has 0 saturated heterocycles. The van der Waals surface area contributed by atoms with E-state index in [0.717, 1.165) is 28.0 Å². The first-order valence-corrected chi connectivity index (χ1v) is 12.2. The van der Waals surface area contributed by atoms with Gasteiger partial charge in [-0.1, -0.05) is 24.6 Å². The molecule has 2 aromatic rings. The monoisotopic (exact) mass is 451 g/mol.